The molecule has 0 aromatic heterocycles. The minimum Gasteiger partial charge on any atom is -0.338 e. The summed E-state index contributed by atoms with van der Waals surface area (Å²) in [5.41, 5.74) is 1.74. The fourth-order valence-electron chi connectivity index (χ4n) is 4.57. The highest BCUT2D eigenvalue weighted by Gasteiger charge is 2.37. The Hall–Kier alpha value is -2.20. The molecule has 0 bridgehead atoms. The first-order valence-electron chi connectivity index (χ1n) is 10.0. The zero-order chi connectivity index (χ0) is 18.6. The van der Waals surface area contributed by atoms with E-state index in [1.807, 2.05) is 41.3 Å². The van der Waals surface area contributed by atoms with Gasteiger partial charge < -0.3 is 9.80 Å². The molecule has 0 saturated carbocycles. The molecule has 2 aromatic carbocycles. The lowest BCUT2D eigenvalue weighted by atomic mass is 9.88. The predicted molar refractivity (Wildman–Crippen MR) is 105 cm³/mol. The van der Waals surface area contributed by atoms with Crippen LogP contribution in [0.25, 0.3) is 0 Å². The van der Waals surface area contributed by atoms with E-state index in [1.54, 1.807) is 12.1 Å². The van der Waals surface area contributed by atoms with Gasteiger partial charge in [-0.3, -0.25) is 4.79 Å². The Labute approximate surface area is 160 Å². The van der Waals surface area contributed by atoms with Gasteiger partial charge in [-0.05, 0) is 61.7 Å². The molecule has 0 aliphatic carbocycles. The van der Waals surface area contributed by atoms with Crippen molar-refractivity contribution in [2.24, 2.45) is 5.92 Å². The molecule has 27 heavy (non-hydrogen) atoms. The molecule has 2 atom stereocenters. The summed E-state index contributed by atoms with van der Waals surface area (Å²) in [6.45, 7) is 4.67. The molecule has 2 heterocycles. The van der Waals surface area contributed by atoms with Crippen molar-refractivity contribution in [1.82, 2.24) is 9.80 Å². The van der Waals surface area contributed by atoms with Gasteiger partial charge in [0.25, 0.3) is 5.91 Å². The number of hydrogen-bond donors (Lipinski definition) is 0. The molecular formula is C23H27FN2O. The summed E-state index contributed by atoms with van der Waals surface area (Å²) in [6.07, 6.45) is 3.82. The number of nitrogens with zero attached hydrogens (tertiary/aromatic N) is 2. The summed E-state index contributed by atoms with van der Waals surface area (Å²) in [4.78, 5) is 17.4. The molecule has 142 valence electrons. The second kappa shape index (κ2) is 8.22. The van der Waals surface area contributed by atoms with Crippen LogP contribution in [0.5, 0.6) is 0 Å². The topological polar surface area (TPSA) is 23.6 Å². The normalized spacial score (nSPS) is 23.5. The third kappa shape index (κ3) is 4.22. The Balaban J connectivity index is 1.55. The van der Waals surface area contributed by atoms with Gasteiger partial charge in [-0.25, -0.2) is 4.39 Å². The van der Waals surface area contributed by atoms with Crippen LogP contribution in [0.4, 0.5) is 4.39 Å². The molecule has 3 nitrogen and oxygen atoms in total. The highest BCUT2D eigenvalue weighted by molar-refractivity contribution is 5.94. The largest absolute Gasteiger partial charge is 0.338 e. The number of rotatable bonds is 4. The maximum absolute atomic E-state index is 13.8. The van der Waals surface area contributed by atoms with Crippen molar-refractivity contribution in [3.63, 3.8) is 0 Å². The molecule has 4 heteroatoms. The minimum absolute atomic E-state index is 0.0816. The van der Waals surface area contributed by atoms with E-state index in [2.05, 4.69) is 4.90 Å². The fraction of sp³-hybridized carbons (Fsp3) is 0.435. The lowest BCUT2D eigenvalue weighted by molar-refractivity contribution is 0.0782. The van der Waals surface area contributed by atoms with Gasteiger partial charge in [0.05, 0.1) is 0 Å². The number of piperidine rings is 1. The highest BCUT2D eigenvalue weighted by Crippen LogP contribution is 2.35. The van der Waals surface area contributed by atoms with Crippen molar-refractivity contribution in [3.05, 3.63) is 71.5 Å². The molecule has 2 aliphatic rings. The number of carbonyl (C=O) groups is 1. The quantitative estimate of drug-likeness (QED) is 0.811. The van der Waals surface area contributed by atoms with Crippen molar-refractivity contribution in [2.45, 2.75) is 25.2 Å². The summed E-state index contributed by atoms with van der Waals surface area (Å²) in [7, 11) is 0. The van der Waals surface area contributed by atoms with Crippen LogP contribution in [0, 0.1) is 11.7 Å². The molecular weight excluding hydrogens is 339 g/mol. The standard InChI is InChI=1S/C23H27FN2O/c24-21-11-7-10-19(14-21)22-17-26(23(27)18-8-3-1-4-9-18)16-20(22)15-25-12-5-2-6-13-25/h1,3-4,7-11,14,20,22H,2,5-6,12-13,15-17H2. The molecule has 2 unspecified atom stereocenters. The van der Waals surface area contributed by atoms with Crippen LogP contribution < -0.4 is 0 Å². The van der Waals surface area contributed by atoms with E-state index in [4.69, 9.17) is 0 Å². The smallest absolute Gasteiger partial charge is 0.253 e. The van der Waals surface area contributed by atoms with E-state index in [-0.39, 0.29) is 17.6 Å². The van der Waals surface area contributed by atoms with Crippen LogP contribution >= 0.6 is 0 Å². The summed E-state index contributed by atoms with van der Waals surface area (Å²) in [5.74, 6) is 0.419. The van der Waals surface area contributed by atoms with Gasteiger partial charge >= 0.3 is 0 Å². The van der Waals surface area contributed by atoms with Crippen LogP contribution in [0.1, 0.15) is 41.1 Å². The molecule has 1 amide bonds. The Morgan fingerprint density at radius 1 is 0.963 bits per heavy atom. The van der Waals surface area contributed by atoms with Crippen LogP contribution in [0.15, 0.2) is 54.6 Å². The van der Waals surface area contributed by atoms with Gasteiger partial charge in [0, 0.05) is 31.1 Å². The van der Waals surface area contributed by atoms with E-state index in [9.17, 15) is 9.18 Å². The Morgan fingerprint density at radius 3 is 2.48 bits per heavy atom. The number of halogens is 1. The Morgan fingerprint density at radius 2 is 1.74 bits per heavy atom. The van der Waals surface area contributed by atoms with Crippen LogP contribution in [-0.4, -0.2) is 48.4 Å². The monoisotopic (exact) mass is 366 g/mol. The third-order valence-corrected chi connectivity index (χ3v) is 5.97. The lowest BCUT2D eigenvalue weighted by Gasteiger charge is -2.31. The maximum Gasteiger partial charge on any atom is 0.253 e. The minimum atomic E-state index is -0.197. The second-order valence-electron chi connectivity index (χ2n) is 7.86. The van der Waals surface area contributed by atoms with Gasteiger partial charge in [-0.15, -0.1) is 0 Å². The molecule has 2 saturated heterocycles. The maximum atomic E-state index is 13.8. The fourth-order valence-corrected chi connectivity index (χ4v) is 4.57. The van der Waals surface area contributed by atoms with E-state index in [1.165, 1.54) is 25.3 Å². The molecule has 2 aliphatic heterocycles. The molecule has 0 spiro atoms. The van der Waals surface area contributed by atoms with E-state index >= 15 is 0 Å². The second-order valence-corrected chi connectivity index (χ2v) is 7.86. The first kappa shape index (κ1) is 18.2. The molecule has 2 fully saturated rings. The third-order valence-electron chi connectivity index (χ3n) is 5.97. The summed E-state index contributed by atoms with van der Waals surface area (Å²) >= 11 is 0. The van der Waals surface area contributed by atoms with Gasteiger partial charge in [0.2, 0.25) is 0 Å². The van der Waals surface area contributed by atoms with Crippen molar-refractivity contribution in [3.8, 4) is 0 Å². The number of amides is 1. The summed E-state index contributed by atoms with van der Waals surface area (Å²) in [5, 5.41) is 0. The van der Waals surface area contributed by atoms with Gasteiger partial charge in [0.15, 0.2) is 0 Å². The first-order chi connectivity index (χ1) is 13.2. The lowest BCUT2D eigenvalue weighted by Crippen LogP contribution is -2.36. The van der Waals surface area contributed by atoms with E-state index < -0.39 is 0 Å². The molecule has 4 rings (SSSR count). The Bertz CT molecular complexity index is 773. The molecule has 0 radical (unpaired) electrons. The number of hydrogen-bond acceptors (Lipinski definition) is 2. The molecule has 0 N–H and O–H groups in total. The van der Waals surface area contributed by atoms with Crippen molar-refractivity contribution in [2.75, 3.05) is 32.7 Å². The number of likely N-dealkylation sites (tertiary alicyclic amines) is 2. The summed E-state index contributed by atoms with van der Waals surface area (Å²) < 4.78 is 13.8. The van der Waals surface area contributed by atoms with E-state index in [0.29, 0.717) is 12.5 Å². The SMILES string of the molecule is O=C(c1ccccc1)N1CC(CN2CCCCC2)C(c2cccc(F)c2)C1. The van der Waals surface area contributed by atoms with Crippen LogP contribution in [0.3, 0.4) is 0 Å². The number of carbonyl (C=O) groups excluding carboxylic acids is 1. The highest BCUT2D eigenvalue weighted by atomic mass is 19.1. The van der Waals surface area contributed by atoms with Gasteiger partial charge in [-0.2, -0.15) is 0 Å². The average Bonchev–Trinajstić information content (AvgIpc) is 3.12. The van der Waals surface area contributed by atoms with Gasteiger partial charge in [0.1, 0.15) is 5.82 Å². The van der Waals surface area contributed by atoms with Crippen LogP contribution in [0.2, 0.25) is 0 Å². The zero-order valence-corrected chi connectivity index (χ0v) is 15.7. The summed E-state index contributed by atoms with van der Waals surface area (Å²) in [6, 6.07) is 16.4. The van der Waals surface area contributed by atoms with Crippen LogP contribution in [-0.2, 0) is 0 Å². The number of benzene rings is 2. The van der Waals surface area contributed by atoms with Crippen molar-refractivity contribution in [1.29, 1.82) is 0 Å². The van der Waals surface area contributed by atoms with Crippen molar-refractivity contribution < 1.29 is 9.18 Å². The van der Waals surface area contributed by atoms with E-state index in [0.717, 1.165) is 37.3 Å². The Kier molecular flexibility index (Phi) is 5.53. The van der Waals surface area contributed by atoms with Crippen molar-refractivity contribution >= 4 is 5.91 Å². The first-order valence-corrected chi connectivity index (χ1v) is 10.0. The molecule has 2 aromatic rings. The predicted octanol–water partition coefficient (Wildman–Crippen LogP) is 4.17. The van der Waals surface area contributed by atoms with Gasteiger partial charge in [-0.1, -0.05) is 36.8 Å². The zero-order valence-electron chi connectivity index (χ0n) is 15.7. The average molecular weight is 366 g/mol.